The summed E-state index contributed by atoms with van der Waals surface area (Å²) in [4.78, 5) is 23.1. The molecule has 0 spiro atoms. The third-order valence-corrected chi connectivity index (χ3v) is 2.86. The Kier molecular flexibility index (Phi) is 4.29. The Morgan fingerprint density at radius 1 is 0.950 bits per heavy atom. The van der Waals surface area contributed by atoms with Crippen LogP contribution in [0.15, 0.2) is 36.4 Å². The van der Waals surface area contributed by atoms with Gasteiger partial charge in [0.1, 0.15) is 0 Å². The van der Waals surface area contributed by atoms with Crippen molar-refractivity contribution in [1.82, 2.24) is 10.8 Å². The molecule has 0 fully saturated rings. The highest BCUT2D eigenvalue weighted by Crippen LogP contribution is 2.18. The van der Waals surface area contributed by atoms with Crippen molar-refractivity contribution in [3.8, 4) is 0 Å². The van der Waals surface area contributed by atoms with Crippen LogP contribution in [0.25, 0.3) is 10.8 Å². The van der Waals surface area contributed by atoms with E-state index < -0.39 is 5.91 Å². The van der Waals surface area contributed by atoms with E-state index in [1.54, 1.807) is 41.9 Å². The first-order valence-electron chi connectivity index (χ1n) is 6.03. The third kappa shape index (κ3) is 2.93. The Morgan fingerprint density at radius 2 is 1.55 bits per heavy atom. The number of rotatable bonds is 4. The van der Waals surface area contributed by atoms with Gasteiger partial charge in [-0.1, -0.05) is 12.1 Å². The van der Waals surface area contributed by atoms with Gasteiger partial charge in [-0.3, -0.25) is 14.8 Å². The molecule has 0 atom stereocenters. The maximum atomic E-state index is 11.8. The van der Waals surface area contributed by atoms with Gasteiger partial charge in [0.2, 0.25) is 0 Å². The maximum Gasteiger partial charge on any atom is 0.274 e. The maximum absolute atomic E-state index is 11.8. The molecule has 6 heteroatoms. The van der Waals surface area contributed by atoms with Crippen LogP contribution >= 0.6 is 0 Å². The van der Waals surface area contributed by atoms with Crippen molar-refractivity contribution in [2.45, 2.75) is 0 Å². The zero-order valence-corrected chi connectivity index (χ0v) is 10.6. The normalized spacial score (nSPS) is 10.3. The van der Waals surface area contributed by atoms with Crippen molar-refractivity contribution in [1.29, 1.82) is 0 Å². The smallest absolute Gasteiger partial charge is 0.274 e. The molecule has 2 aromatic carbocycles. The largest absolute Gasteiger partial charge is 0.395 e. The quantitative estimate of drug-likeness (QED) is 0.486. The fraction of sp³-hybridized carbons (Fsp3) is 0.143. The van der Waals surface area contributed by atoms with Crippen LogP contribution < -0.4 is 10.8 Å². The number of carbonyl (C=O) groups is 2. The highest BCUT2D eigenvalue weighted by atomic mass is 16.5. The number of benzene rings is 2. The van der Waals surface area contributed by atoms with Crippen LogP contribution in [0.2, 0.25) is 0 Å². The summed E-state index contributed by atoms with van der Waals surface area (Å²) in [5.74, 6) is -0.903. The second-order valence-electron chi connectivity index (χ2n) is 4.20. The van der Waals surface area contributed by atoms with Crippen molar-refractivity contribution in [2.24, 2.45) is 0 Å². The second-order valence-corrected chi connectivity index (χ2v) is 4.20. The first-order chi connectivity index (χ1) is 9.65. The minimum absolute atomic E-state index is 0.125. The molecule has 0 radical (unpaired) electrons. The van der Waals surface area contributed by atoms with E-state index in [2.05, 4.69) is 5.32 Å². The van der Waals surface area contributed by atoms with Crippen molar-refractivity contribution in [3.63, 3.8) is 0 Å². The lowest BCUT2D eigenvalue weighted by molar-refractivity contribution is 0.0706. The summed E-state index contributed by atoms with van der Waals surface area (Å²) < 4.78 is 0. The van der Waals surface area contributed by atoms with Crippen LogP contribution in [0.5, 0.6) is 0 Å². The molecule has 4 N–H and O–H groups in total. The molecule has 0 aliphatic rings. The molecule has 0 aliphatic heterocycles. The number of nitrogens with one attached hydrogen (secondary N) is 2. The highest BCUT2D eigenvalue weighted by Gasteiger charge is 2.08. The van der Waals surface area contributed by atoms with Gasteiger partial charge in [-0.05, 0) is 35.0 Å². The molecule has 0 heterocycles. The van der Waals surface area contributed by atoms with Crippen LogP contribution in [0, 0.1) is 0 Å². The number of hydrogen-bond donors (Lipinski definition) is 4. The number of hydrogen-bond acceptors (Lipinski definition) is 4. The summed E-state index contributed by atoms with van der Waals surface area (Å²) in [6, 6.07) is 9.99. The number of fused-ring (bicyclic) bond motifs is 1. The summed E-state index contributed by atoms with van der Waals surface area (Å²) >= 11 is 0. The molecule has 0 unspecified atom stereocenters. The number of amides is 2. The van der Waals surface area contributed by atoms with Crippen molar-refractivity contribution in [3.05, 3.63) is 47.5 Å². The molecular formula is C14H14N2O4. The van der Waals surface area contributed by atoms with E-state index in [0.717, 1.165) is 5.39 Å². The molecule has 2 amide bonds. The van der Waals surface area contributed by atoms with Gasteiger partial charge in [0, 0.05) is 17.7 Å². The highest BCUT2D eigenvalue weighted by molar-refractivity contribution is 6.01. The van der Waals surface area contributed by atoms with Crippen LogP contribution in [0.1, 0.15) is 20.7 Å². The minimum atomic E-state index is -0.609. The van der Waals surface area contributed by atoms with E-state index in [1.807, 2.05) is 0 Å². The van der Waals surface area contributed by atoms with Gasteiger partial charge >= 0.3 is 0 Å². The fourth-order valence-corrected chi connectivity index (χ4v) is 1.87. The zero-order valence-electron chi connectivity index (χ0n) is 10.6. The molecular weight excluding hydrogens is 260 g/mol. The summed E-state index contributed by atoms with van der Waals surface area (Å²) in [7, 11) is 0. The third-order valence-electron chi connectivity index (χ3n) is 2.86. The SMILES string of the molecule is O=C(NO)c1ccc2ccc(C(=O)NCCO)cc2c1. The Balaban J connectivity index is 2.36. The summed E-state index contributed by atoms with van der Waals surface area (Å²) in [5.41, 5.74) is 2.30. The van der Waals surface area contributed by atoms with Crippen LogP contribution in [0.4, 0.5) is 0 Å². The van der Waals surface area contributed by atoms with Gasteiger partial charge in [-0.25, -0.2) is 5.48 Å². The van der Waals surface area contributed by atoms with Crippen LogP contribution in [-0.2, 0) is 0 Å². The first kappa shape index (κ1) is 14.0. The van der Waals surface area contributed by atoms with Gasteiger partial charge in [0.05, 0.1) is 6.61 Å². The first-order valence-corrected chi connectivity index (χ1v) is 6.03. The monoisotopic (exact) mass is 274 g/mol. The number of aliphatic hydroxyl groups excluding tert-OH is 1. The summed E-state index contributed by atoms with van der Waals surface area (Å²) in [5, 5.41) is 21.4. The Morgan fingerprint density at radius 3 is 2.10 bits per heavy atom. The molecule has 0 saturated carbocycles. The molecule has 0 aromatic heterocycles. The average Bonchev–Trinajstić information content (AvgIpc) is 2.50. The topological polar surface area (TPSA) is 98.7 Å². The molecule has 20 heavy (non-hydrogen) atoms. The standard InChI is InChI=1S/C14H14N2O4/c17-6-5-15-13(18)10-3-1-9-2-4-11(14(19)16-20)8-12(9)7-10/h1-4,7-8,17,20H,5-6H2,(H,15,18)(H,16,19). The predicted molar refractivity (Wildman–Crippen MR) is 72.6 cm³/mol. The summed E-state index contributed by atoms with van der Waals surface area (Å²) in [6.07, 6.45) is 0. The van der Waals surface area contributed by atoms with Gasteiger partial charge in [0.25, 0.3) is 11.8 Å². The van der Waals surface area contributed by atoms with Gasteiger partial charge < -0.3 is 10.4 Å². The van der Waals surface area contributed by atoms with Gasteiger partial charge in [-0.15, -0.1) is 0 Å². The Labute approximate surface area is 115 Å². The molecule has 2 rings (SSSR count). The van der Waals surface area contributed by atoms with Crippen molar-refractivity contribution in [2.75, 3.05) is 13.2 Å². The van der Waals surface area contributed by atoms with E-state index in [0.29, 0.717) is 16.5 Å². The average molecular weight is 274 g/mol. The molecule has 6 nitrogen and oxygen atoms in total. The van der Waals surface area contributed by atoms with Gasteiger partial charge in [-0.2, -0.15) is 0 Å². The zero-order chi connectivity index (χ0) is 14.5. The van der Waals surface area contributed by atoms with E-state index in [-0.39, 0.29) is 19.1 Å². The van der Waals surface area contributed by atoms with Crippen molar-refractivity contribution >= 4 is 22.6 Å². The second kappa shape index (κ2) is 6.14. The lowest BCUT2D eigenvalue weighted by atomic mass is 10.0. The molecule has 0 saturated heterocycles. The number of aliphatic hydroxyl groups is 1. The Hall–Kier alpha value is -2.44. The van der Waals surface area contributed by atoms with E-state index >= 15 is 0 Å². The molecule has 104 valence electrons. The number of hydroxylamine groups is 1. The van der Waals surface area contributed by atoms with Crippen LogP contribution in [-0.4, -0.2) is 35.3 Å². The predicted octanol–water partition coefficient (Wildman–Crippen LogP) is 0.681. The van der Waals surface area contributed by atoms with Crippen molar-refractivity contribution < 1.29 is 19.9 Å². The molecule has 0 bridgehead atoms. The van der Waals surface area contributed by atoms with E-state index in [9.17, 15) is 9.59 Å². The lowest BCUT2D eigenvalue weighted by Gasteiger charge is -2.06. The molecule has 0 aliphatic carbocycles. The Bertz CT molecular complexity index is 655. The van der Waals surface area contributed by atoms with Gasteiger partial charge in [0.15, 0.2) is 0 Å². The summed E-state index contributed by atoms with van der Waals surface area (Å²) in [6.45, 7) is 0.0595. The number of carbonyl (C=O) groups excluding carboxylic acids is 2. The van der Waals surface area contributed by atoms with Crippen LogP contribution in [0.3, 0.4) is 0 Å². The fourth-order valence-electron chi connectivity index (χ4n) is 1.87. The molecule has 2 aromatic rings. The van der Waals surface area contributed by atoms with E-state index in [4.69, 9.17) is 10.3 Å². The van der Waals surface area contributed by atoms with E-state index in [1.165, 1.54) is 0 Å². The lowest BCUT2D eigenvalue weighted by Crippen LogP contribution is -2.26. The minimum Gasteiger partial charge on any atom is -0.395 e.